The molecule has 1 N–H and O–H groups in total. The summed E-state index contributed by atoms with van der Waals surface area (Å²) in [6.07, 6.45) is 5.07. The number of piperidine rings is 1. The van der Waals surface area contributed by atoms with Gasteiger partial charge >= 0.3 is 4.87 Å². The Bertz CT molecular complexity index is 1230. The van der Waals surface area contributed by atoms with E-state index in [4.69, 9.17) is 0 Å². The number of rotatable bonds is 7. The highest BCUT2D eigenvalue weighted by atomic mass is 32.2. The van der Waals surface area contributed by atoms with Gasteiger partial charge in [-0.3, -0.25) is 19.1 Å². The van der Waals surface area contributed by atoms with Crippen molar-refractivity contribution in [1.29, 1.82) is 0 Å². The zero-order chi connectivity index (χ0) is 21.8. The molecule has 10 heteroatoms. The second-order valence-corrected chi connectivity index (χ2v) is 10.2. The van der Waals surface area contributed by atoms with Gasteiger partial charge in [0.2, 0.25) is 15.9 Å². The Morgan fingerprint density at radius 2 is 1.94 bits per heavy atom. The number of aromatic nitrogens is 2. The molecule has 31 heavy (non-hydrogen) atoms. The first-order valence-corrected chi connectivity index (χ1v) is 12.5. The highest BCUT2D eigenvalue weighted by Gasteiger charge is 2.19. The Labute approximate surface area is 184 Å². The lowest BCUT2D eigenvalue weighted by molar-refractivity contribution is -0.132. The molecule has 8 nitrogen and oxygen atoms in total. The largest absolute Gasteiger partial charge is 0.343 e. The van der Waals surface area contributed by atoms with Gasteiger partial charge < -0.3 is 4.90 Å². The van der Waals surface area contributed by atoms with Gasteiger partial charge in [0.25, 0.3) is 0 Å². The second kappa shape index (κ2) is 9.29. The Balaban J connectivity index is 1.48. The van der Waals surface area contributed by atoms with E-state index in [-0.39, 0.29) is 35.2 Å². The molecule has 0 radical (unpaired) electrons. The van der Waals surface area contributed by atoms with Crippen LogP contribution in [0.5, 0.6) is 0 Å². The Morgan fingerprint density at radius 3 is 2.68 bits per heavy atom. The molecule has 0 spiro atoms. The summed E-state index contributed by atoms with van der Waals surface area (Å²) in [6.45, 7) is 1.94. The molecule has 3 heterocycles. The van der Waals surface area contributed by atoms with Crippen molar-refractivity contribution in [2.75, 3.05) is 13.1 Å². The Kier molecular flexibility index (Phi) is 6.49. The quantitative estimate of drug-likeness (QED) is 0.583. The van der Waals surface area contributed by atoms with Crippen LogP contribution in [0.3, 0.4) is 0 Å². The lowest BCUT2D eigenvalue weighted by Crippen LogP contribution is -2.36. The number of carbonyl (C=O) groups excluding carboxylic acids is 1. The Hall–Kier alpha value is -2.56. The van der Waals surface area contributed by atoms with Crippen molar-refractivity contribution in [3.8, 4) is 0 Å². The molecule has 4 rings (SSSR count). The van der Waals surface area contributed by atoms with Crippen molar-refractivity contribution in [1.82, 2.24) is 19.2 Å². The zero-order valence-electron chi connectivity index (χ0n) is 17.0. The van der Waals surface area contributed by atoms with Gasteiger partial charge in [0.1, 0.15) is 0 Å². The molecule has 1 aliphatic rings. The lowest BCUT2D eigenvalue weighted by Gasteiger charge is -2.26. The van der Waals surface area contributed by atoms with Gasteiger partial charge in [0.15, 0.2) is 0 Å². The van der Waals surface area contributed by atoms with Gasteiger partial charge in [-0.1, -0.05) is 17.4 Å². The molecular formula is C21H24N4O4S2. The van der Waals surface area contributed by atoms with Crippen LogP contribution >= 0.6 is 11.3 Å². The maximum atomic E-state index is 12.7. The number of thiazole rings is 1. The number of pyridine rings is 1. The van der Waals surface area contributed by atoms with Crippen LogP contribution in [0.15, 0.2) is 52.3 Å². The van der Waals surface area contributed by atoms with E-state index in [9.17, 15) is 18.0 Å². The number of hydrogen-bond donors (Lipinski definition) is 1. The fraction of sp³-hybridized carbons (Fsp3) is 0.381. The average molecular weight is 461 g/mol. The maximum absolute atomic E-state index is 12.7. The van der Waals surface area contributed by atoms with Gasteiger partial charge in [-0.25, -0.2) is 13.1 Å². The summed E-state index contributed by atoms with van der Waals surface area (Å²) < 4.78 is 30.0. The van der Waals surface area contributed by atoms with E-state index in [1.807, 2.05) is 4.90 Å². The predicted octanol–water partition coefficient (Wildman–Crippen LogP) is 2.34. The lowest BCUT2D eigenvalue weighted by atomic mass is 10.1. The fourth-order valence-electron chi connectivity index (χ4n) is 3.69. The van der Waals surface area contributed by atoms with Crippen LogP contribution < -0.4 is 9.60 Å². The first kappa shape index (κ1) is 21.7. The van der Waals surface area contributed by atoms with Crippen molar-refractivity contribution in [3.63, 3.8) is 0 Å². The standard InChI is InChI=1S/C21H24N4O4S2/c26-20(24-11-4-1-5-12-24)9-13-25-18-8-7-17(14-19(18)30-21(25)27)31(28,29)23-15-16-6-2-3-10-22-16/h2-3,6-8,10,14,23H,1,4-5,9,11-13,15H2. The summed E-state index contributed by atoms with van der Waals surface area (Å²) in [5.74, 6) is 0.0591. The smallest absolute Gasteiger partial charge is 0.308 e. The van der Waals surface area contributed by atoms with Crippen LogP contribution in [0, 0.1) is 0 Å². The molecule has 0 atom stereocenters. The SMILES string of the molecule is O=C(CCn1c(=O)sc2cc(S(=O)(=O)NCc3ccccn3)ccc21)N1CCCCC1. The van der Waals surface area contributed by atoms with E-state index in [1.54, 1.807) is 35.0 Å². The van der Waals surface area contributed by atoms with Gasteiger partial charge in [-0.2, -0.15) is 0 Å². The zero-order valence-corrected chi connectivity index (χ0v) is 18.6. The number of fused-ring (bicyclic) bond motifs is 1. The highest BCUT2D eigenvalue weighted by molar-refractivity contribution is 7.89. The van der Waals surface area contributed by atoms with Crippen LogP contribution in [0.2, 0.25) is 0 Å². The van der Waals surface area contributed by atoms with Gasteiger partial charge in [0, 0.05) is 32.3 Å². The predicted molar refractivity (Wildman–Crippen MR) is 119 cm³/mol. The third-order valence-electron chi connectivity index (χ3n) is 5.38. The number of likely N-dealkylation sites (tertiary alicyclic amines) is 1. The summed E-state index contributed by atoms with van der Waals surface area (Å²) in [4.78, 5) is 30.8. The molecule has 1 aliphatic heterocycles. The van der Waals surface area contributed by atoms with Crippen molar-refractivity contribution >= 4 is 37.5 Å². The maximum Gasteiger partial charge on any atom is 0.308 e. The molecule has 1 amide bonds. The van der Waals surface area contributed by atoms with Crippen molar-refractivity contribution in [2.45, 2.75) is 43.7 Å². The fourth-order valence-corrected chi connectivity index (χ4v) is 5.75. The summed E-state index contributed by atoms with van der Waals surface area (Å²) in [5, 5.41) is 0. The number of hydrogen-bond acceptors (Lipinski definition) is 6. The van der Waals surface area contributed by atoms with E-state index in [2.05, 4.69) is 9.71 Å². The van der Waals surface area contributed by atoms with Crippen LogP contribution in [-0.4, -0.2) is 41.9 Å². The Morgan fingerprint density at radius 1 is 1.13 bits per heavy atom. The van der Waals surface area contributed by atoms with E-state index < -0.39 is 10.0 Å². The number of sulfonamides is 1. The minimum absolute atomic E-state index is 0.0591. The highest BCUT2D eigenvalue weighted by Crippen LogP contribution is 2.22. The summed E-state index contributed by atoms with van der Waals surface area (Å²) >= 11 is 0.989. The van der Waals surface area contributed by atoms with Crippen LogP contribution in [0.4, 0.5) is 0 Å². The number of nitrogens with zero attached hydrogens (tertiary/aromatic N) is 3. The van der Waals surface area contributed by atoms with Gasteiger partial charge in [-0.05, 0) is 49.6 Å². The average Bonchev–Trinajstić information content (AvgIpc) is 3.11. The number of aryl methyl sites for hydroxylation is 1. The van der Waals surface area contributed by atoms with Crippen LogP contribution in [-0.2, 0) is 27.9 Å². The molecule has 1 saturated heterocycles. The number of benzene rings is 1. The third-order valence-corrected chi connectivity index (χ3v) is 7.72. The van der Waals surface area contributed by atoms with Crippen LogP contribution in [0.25, 0.3) is 10.2 Å². The molecule has 1 aromatic carbocycles. The molecule has 0 bridgehead atoms. The molecule has 164 valence electrons. The van der Waals surface area contributed by atoms with E-state index in [0.29, 0.717) is 15.9 Å². The van der Waals surface area contributed by atoms with Crippen molar-refractivity contribution < 1.29 is 13.2 Å². The van der Waals surface area contributed by atoms with E-state index >= 15 is 0 Å². The topological polar surface area (TPSA) is 101 Å². The van der Waals surface area contributed by atoms with E-state index in [1.165, 1.54) is 12.1 Å². The molecule has 0 aliphatic carbocycles. The first-order valence-electron chi connectivity index (χ1n) is 10.2. The summed E-state index contributed by atoms with van der Waals surface area (Å²) in [5.41, 5.74) is 1.26. The normalized spacial score (nSPS) is 14.8. The van der Waals surface area contributed by atoms with Gasteiger partial charge in [0.05, 0.1) is 27.4 Å². The minimum Gasteiger partial charge on any atom is -0.343 e. The molecule has 1 fully saturated rings. The molecule has 0 unspecified atom stereocenters. The van der Waals surface area contributed by atoms with Gasteiger partial charge in [-0.15, -0.1) is 0 Å². The number of amides is 1. The van der Waals surface area contributed by atoms with Crippen molar-refractivity contribution in [2.24, 2.45) is 0 Å². The van der Waals surface area contributed by atoms with Crippen LogP contribution in [0.1, 0.15) is 31.4 Å². The molecule has 3 aromatic rings. The third kappa shape index (κ3) is 5.03. The molecule has 2 aromatic heterocycles. The van der Waals surface area contributed by atoms with Crippen molar-refractivity contribution in [3.05, 3.63) is 58.0 Å². The number of carbonyl (C=O) groups is 1. The molecular weight excluding hydrogens is 436 g/mol. The first-order chi connectivity index (χ1) is 14.9. The monoisotopic (exact) mass is 460 g/mol. The summed E-state index contributed by atoms with van der Waals surface area (Å²) in [7, 11) is -3.75. The second-order valence-electron chi connectivity index (χ2n) is 7.49. The number of nitrogens with one attached hydrogen (secondary N) is 1. The summed E-state index contributed by atoms with van der Waals surface area (Å²) in [6, 6.07) is 9.91. The van der Waals surface area contributed by atoms with E-state index in [0.717, 1.165) is 43.7 Å². The molecule has 0 saturated carbocycles. The minimum atomic E-state index is -3.75.